The van der Waals surface area contributed by atoms with Crippen LogP contribution in [0, 0.1) is 0 Å². The first kappa shape index (κ1) is 13.4. The third-order valence-electron chi connectivity index (χ3n) is 2.46. The molecule has 0 unspecified atom stereocenters. The molecule has 0 aliphatic carbocycles. The van der Waals surface area contributed by atoms with E-state index in [0.717, 1.165) is 5.39 Å². The highest BCUT2D eigenvalue weighted by Crippen LogP contribution is 2.33. The van der Waals surface area contributed by atoms with Crippen molar-refractivity contribution in [1.82, 2.24) is 0 Å². The summed E-state index contributed by atoms with van der Waals surface area (Å²) in [5.74, 6) is 0. The Bertz CT molecular complexity index is 727. The fraction of sp³-hybridized carbons (Fsp3) is 0. The zero-order valence-electron chi connectivity index (χ0n) is 8.97. The summed E-state index contributed by atoms with van der Waals surface area (Å²) in [4.78, 5) is -0.484. The van der Waals surface area contributed by atoms with E-state index in [-0.39, 0.29) is 5.56 Å². The summed E-state index contributed by atoms with van der Waals surface area (Å²) in [5, 5.41) is 1.47. The van der Waals surface area contributed by atoms with Crippen molar-refractivity contribution in [3.05, 3.63) is 52.5 Å². The van der Waals surface area contributed by atoms with E-state index in [2.05, 4.69) is 0 Å². The summed E-state index contributed by atoms with van der Waals surface area (Å²) in [6.07, 6.45) is 0. The van der Waals surface area contributed by atoms with Crippen molar-refractivity contribution < 1.29 is 13.0 Å². The fourth-order valence-corrected chi connectivity index (χ4v) is 3.20. The second-order valence-corrected chi connectivity index (χ2v) is 5.90. The molecular formula is C12H8Cl2O3S. The number of fused-ring (bicyclic) bond motifs is 1. The van der Waals surface area contributed by atoms with Crippen LogP contribution in [-0.4, -0.2) is 13.0 Å². The number of halogens is 2. The van der Waals surface area contributed by atoms with Crippen LogP contribution in [0.1, 0.15) is 5.56 Å². The molecule has 0 fully saturated rings. The van der Waals surface area contributed by atoms with Crippen LogP contribution < -0.4 is 0 Å². The molecule has 0 aliphatic heterocycles. The number of hydrogen-bond acceptors (Lipinski definition) is 2. The van der Waals surface area contributed by atoms with Crippen molar-refractivity contribution in [2.45, 2.75) is 0 Å². The lowest BCUT2D eigenvalue weighted by Gasteiger charge is -2.08. The molecule has 0 atom stereocenters. The number of rotatable bonds is 2. The van der Waals surface area contributed by atoms with E-state index in [4.69, 9.17) is 23.2 Å². The Morgan fingerprint density at radius 2 is 1.61 bits per heavy atom. The molecule has 0 amide bonds. The SMILES string of the molecule is O=S(=O)(O)C(=C(Cl)Cl)c1cccc2ccccc12. The van der Waals surface area contributed by atoms with Gasteiger partial charge in [0.05, 0.1) is 0 Å². The zero-order valence-corrected chi connectivity index (χ0v) is 11.3. The van der Waals surface area contributed by atoms with Crippen LogP contribution in [0.5, 0.6) is 0 Å². The second-order valence-electron chi connectivity index (χ2n) is 3.59. The lowest BCUT2D eigenvalue weighted by molar-refractivity contribution is 0.496. The molecule has 0 saturated carbocycles. The zero-order chi connectivity index (χ0) is 13.3. The van der Waals surface area contributed by atoms with Gasteiger partial charge in [-0.1, -0.05) is 65.7 Å². The predicted octanol–water partition coefficient (Wildman–Crippen LogP) is 3.83. The van der Waals surface area contributed by atoms with Crippen molar-refractivity contribution in [2.75, 3.05) is 0 Å². The highest BCUT2D eigenvalue weighted by molar-refractivity contribution is 7.95. The molecule has 1 N–H and O–H groups in total. The molecule has 0 aromatic heterocycles. The van der Waals surface area contributed by atoms with Gasteiger partial charge in [-0.25, -0.2) is 0 Å². The summed E-state index contributed by atoms with van der Waals surface area (Å²) < 4.78 is 31.4. The summed E-state index contributed by atoms with van der Waals surface area (Å²) in [6, 6.07) is 12.2. The molecule has 2 aromatic carbocycles. The average molecular weight is 303 g/mol. The van der Waals surface area contributed by atoms with Gasteiger partial charge in [-0.3, -0.25) is 4.55 Å². The summed E-state index contributed by atoms with van der Waals surface area (Å²) in [6.45, 7) is 0. The van der Waals surface area contributed by atoms with Gasteiger partial charge in [0.15, 0.2) is 0 Å². The lowest BCUT2D eigenvalue weighted by Crippen LogP contribution is -2.02. The minimum Gasteiger partial charge on any atom is -0.282 e. The van der Waals surface area contributed by atoms with Gasteiger partial charge < -0.3 is 0 Å². The van der Waals surface area contributed by atoms with Gasteiger partial charge in [-0.2, -0.15) is 8.42 Å². The smallest absolute Gasteiger partial charge is 0.282 e. The van der Waals surface area contributed by atoms with E-state index in [0.29, 0.717) is 5.39 Å². The van der Waals surface area contributed by atoms with Crippen LogP contribution in [-0.2, 0) is 10.1 Å². The van der Waals surface area contributed by atoms with E-state index in [1.54, 1.807) is 18.2 Å². The Morgan fingerprint density at radius 1 is 1.00 bits per heavy atom. The molecule has 3 nitrogen and oxygen atoms in total. The first-order chi connectivity index (χ1) is 8.41. The molecular weight excluding hydrogens is 295 g/mol. The maximum atomic E-state index is 11.3. The number of hydrogen-bond donors (Lipinski definition) is 1. The Morgan fingerprint density at radius 3 is 2.22 bits per heavy atom. The van der Waals surface area contributed by atoms with Gasteiger partial charge in [-0.15, -0.1) is 0 Å². The lowest BCUT2D eigenvalue weighted by atomic mass is 10.0. The summed E-state index contributed by atoms with van der Waals surface area (Å²) in [7, 11) is -4.49. The Kier molecular flexibility index (Phi) is 3.64. The van der Waals surface area contributed by atoms with E-state index >= 15 is 0 Å². The standard InChI is InChI=1S/C12H8Cl2O3S/c13-12(14)11(18(15,16)17)10-7-3-5-8-4-1-2-6-9(8)10/h1-7H,(H,15,16,17). The van der Waals surface area contributed by atoms with E-state index < -0.39 is 19.5 Å². The second kappa shape index (κ2) is 4.90. The molecule has 2 aromatic rings. The van der Waals surface area contributed by atoms with Gasteiger partial charge in [0.25, 0.3) is 10.1 Å². The van der Waals surface area contributed by atoms with Crippen LogP contribution in [0.4, 0.5) is 0 Å². The average Bonchev–Trinajstić information content (AvgIpc) is 2.27. The highest BCUT2D eigenvalue weighted by Gasteiger charge is 2.22. The van der Waals surface area contributed by atoms with Gasteiger partial charge in [-0.05, 0) is 10.8 Å². The van der Waals surface area contributed by atoms with Gasteiger partial charge in [0.2, 0.25) is 0 Å². The molecule has 0 heterocycles. The first-order valence-corrected chi connectivity index (χ1v) is 7.12. The van der Waals surface area contributed by atoms with E-state index in [9.17, 15) is 13.0 Å². The summed E-state index contributed by atoms with van der Waals surface area (Å²) >= 11 is 11.1. The highest BCUT2D eigenvalue weighted by atomic mass is 35.5. The number of benzene rings is 2. The van der Waals surface area contributed by atoms with E-state index in [1.165, 1.54) is 6.07 Å². The minimum atomic E-state index is -4.49. The molecule has 0 aliphatic rings. The predicted molar refractivity (Wildman–Crippen MR) is 74.1 cm³/mol. The Labute approximate surface area is 114 Å². The maximum absolute atomic E-state index is 11.3. The minimum absolute atomic E-state index is 0.274. The first-order valence-electron chi connectivity index (χ1n) is 4.92. The monoisotopic (exact) mass is 302 g/mol. The van der Waals surface area contributed by atoms with E-state index in [1.807, 2.05) is 18.2 Å². The molecule has 0 saturated heterocycles. The van der Waals surface area contributed by atoms with Crippen LogP contribution >= 0.6 is 23.2 Å². The van der Waals surface area contributed by atoms with Crippen molar-refractivity contribution >= 4 is 49.0 Å². The third-order valence-corrected chi connectivity index (χ3v) is 4.01. The Balaban J connectivity index is 2.87. The Hall–Kier alpha value is -1.07. The van der Waals surface area contributed by atoms with Crippen LogP contribution in [0.3, 0.4) is 0 Å². The largest absolute Gasteiger partial charge is 0.297 e. The van der Waals surface area contributed by atoms with Crippen molar-refractivity contribution in [2.24, 2.45) is 0 Å². The normalized spacial score (nSPS) is 11.5. The maximum Gasteiger partial charge on any atom is 0.297 e. The van der Waals surface area contributed by atoms with Gasteiger partial charge in [0.1, 0.15) is 9.40 Å². The van der Waals surface area contributed by atoms with Gasteiger partial charge >= 0.3 is 0 Å². The van der Waals surface area contributed by atoms with Crippen molar-refractivity contribution in [3.8, 4) is 0 Å². The molecule has 94 valence electrons. The van der Waals surface area contributed by atoms with Gasteiger partial charge in [0, 0.05) is 5.56 Å². The molecule has 18 heavy (non-hydrogen) atoms. The van der Waals surface area contributed by atoms with Crippen LogP contribution in [0.15, 0.2) is 47.0 Å². The van der Waals surface area contributed by atoms with Crippen LogP contribution in [0.25, 0.3) is 15.7 Å². The molecule has 2 rings (SSSR count). The quantitative estimate of drug-likeness (QED) is 0.858. The molecule has 0 bridgehead atoms. The van der Waals surface area contributed by atoms with Crippen LogP contribution in [0.2, 0.25) is 0 Å². The summed E-state index contributed by atoms with van der Waals surface area (Å²) in [5.41, 5.74) is 0.274. The molecule has 0 spiro atoms. The topological polar surface area (TPSA) is 54.4 Å². The van der Waals surface area contributed by atoms with Crippen molar-refractivity contribution in [1.29, 1.82) is 0 Å². The molecule has 6 heteroatoms. The fourth-order valence-electron chi connectivity index (χ4n) is 1.76. The van der Waals surface area contributed by atoms with Crippen molar-refractivity contribution in [3.63, 3.8) is 0 Å². The third kappa shape index (κ3) is 2.52. The molecule has 0 radical (unpaired) electrons.